The van der Waals surface area contributed by atoms with Crippen molar-refractivity contribution in [2.75, 3.05) is 11.0 Å². The van der Waals surface area contributed by atoms with Gasteiger partial charge < -0.3 is 0 Å². The average molecular weight is 427 g/mol. The summed E-state index contributed by atoms with van der Waals surface area (Å²) in [6.45, 7) is 5.88. The maximum atomic E-state index is 12.6. The van der Waals surface area contributed by atoms with Crippen molar-refractivity contribution in [3.63, 3.8) is 0 Å². The highest BCUT2D eigenvalue weighted by atomic mass is 79.9. The van der Waals surface area contributed by atoms with Crippen LogP contribution >= 0.6 is 15.9 Å². The number of nitrogens with zero attached hydrogens (tertiary/aromatic N) is 3. The molecule has 9 heteroatoms. The van der Waals surface area contributed by atoms with Gasteiger partial charge in [0.15, 0.2) is 11.6 Å². The third-order valence-corrected chi connectivity index (χ3v) is 6.47. The molecule has 0 spiro atoms. The first kappa shape index (κ1) is 18.1. The van der Waals surface area contributed by atoms with Crippen LogP contribution in [0.3, 0.4) is 0 Å². The van der Waals surface area contributed by atoms with Gasteiger partial charge in [-0.3, -0.25) is 9.52 Å². The van der Waals surface area contributed by atoms with E-state index in [4.69, 9.17) is 0 Å². The van der Waals surface area contributed by atoms with E-state index >= 15 is 0 Å². The van der Waals surface area contributed by atoms with E-state index < -0.39 is 10.0 Å². The molecule has 1 N–H and O–H groups in total. The molecule has 2 aromatic rings. The van der Waals surface area contributed by atoms with Gasteiger partial charge in [0.25, 0.3) is 0 Å². The van der Waals surface area contributed by atoms with Crippen LogP contribution in [0.1, 0.15) is 46.8 Å². The molecule has 134 valence electrons. The lowest BCUT2D eigenvalue weighted by atomic mass is 9.75. The number of sulfonamides is 1. The molecule has 0 aromatic carbocycles. The Labute approximate surface area is 155 Å². The summed E-state index contributed by atoms with van der Waals surface area (Å²) in [7, 11) is -3.36. The molecule has 3 rings (SSSR count). The largest absolute Gasteiger partial charge is 0.294 e. The molecule has 0 saturated carbocycles. The fourth-order valence-electron chi connectivity index (χ4n) is 3.05. The lowest BCUT2D eigenvalue weighted by Crippen LogP contribution is -2.30. The summed E-state index contributed by atoms with van der Waals surface area (Å²) in [5.74, 6) is 0.605. The SMILES string of the molecule is Cc1nn(-c2ccc(NS(C)(=O)=O)cn2)c2c1C(=O)CC(C)(C)C2Br. The molecule has 1 aliphatic carbocycles. The van der Waals surface area contributed by atoms with Gasteiger partial charge in [0.05, 0.1) is 39.9 Å². The first-order valence-electron chi connectivity index (χ1n) is 7.70. The fourth-order valence-corrected chi connectivity index (χ4v) is 4.18. The number of hydrogen-bond acceptors (Lipinski definition) is 5. The molecular weight excluding hydrogens is 408 g/mol. The minimum Gasteiger partial charge on any atom is -0.294 e. The zero-order valence-corrected chi connectivity index (χ0v) is 16.8. The number of halogens is 1. The van der Waals surface area contributed by atoms with Crippen LogP contribution in [0.5, 0.6) is 0 Å². The predicted molar refractivity (Wildman–Crippen MR) is 99.0 cm³/mol. The van der Waals surface area contributed by atoms with Gasteiger partial charge in [0.2, 0.25) is 10.0 Å². The van der Waals surface area contributed by atoms with E-state index in [1.165, 1.54) is 6.20 Å². The van der Waals surface area contributed by atoms with Crippen molar-refractivity contribution in [1.82, 2.24) is 14.8 Å². The molecule has 7 nitrogen and oxygen atoms in total. The van der Waals surface area contributed by atoms with E-state index in [0.29, 0.717) is 29.2 Å². The van der Waals surface area contributed by atoms with E-state index in [9.17, 15) is 13.2 Å². The number of pyridine rings is 1. The quantitative estimate of drug-likeness (QED) is 0.761. The first-order valence-corrected chi connectivity index (χ1v) is 10.5. The van der Waals surface area contributed by atoms with Gasteiger partial charge in [-0.15, -0.1) is 0 Å². The summed E-state index contributed by atoms with van der Waals surface area (Å²) in [4.78, 5) is 16.8. The number of ketones is 1. The van der Waals surface area contributed by atoms with Crippen LogP contribution in [-0.2, 0) is 10.0 Å². The summed E-state index contributed by atoms with van der Waals surface area (Å²) in [6, 6.07) is 3.29. The lowest BCUT2D eigenvalue weighted by Gasteiger charge is -2.34. The van der Waals surface area contributed by atoms with Crippen molar-refractivity contribution in [2.24, 2.45) is 5.41 Å². The van der Waals surface area contributed by atoms with E-state index in [1.807, 2.05) is 20.8 Å². The van der Waals surface area contributed by atoms with Crippen LogP contribution in [0.2, 0.25) is 0 Å². The number of anilines is 1. The molecule has 0 radical (unpaired) electrons. The minimum atomic E-state index is -3.36. The molecular formula is C16H19BrN4O3S. The molecule has 0 amide bonds. The molecule has 0 aliphatic heterocycles. The molecule has 25 heavy (non-hydrogen) atoms. The van der Waals surface area contributed by atoms with Crippen LogP contribution in [-0.4, -0.2) is 35.2 Å². The smallest absolute Gasteiger partial charge is 0.229 e. The van der Waals surface area contributed by atoms with Crippen LogP contribution in [0.25, 0.3) is 5.82 Å². The van der Waals surface area contributed by atoms with Crippen LogP contribution in [0.4, 0.5) is 5.69 Å². The summed E-state index contributed by atoms with van der Waals surface area (Å²) >= 11 is 3.72. The highest BCUT2D eigenvalue weighted by molar-refractivity contribution is 9.09. The molecule has 0 bridgehead atoms. The Morgan fingerprint density at radius 2 is 2.04 bits per heavy atom. The number of rotatable bonds is 3. The maximum absolute atomic E-state index is 12.6. The summed E-state index contributed by atoms with van der Waals surface area (Å²) in [5, 5.41) is 4.50. The van der Waals surface area contributed by atoms with Crippen LogP contribution in [0, 0.1) is 12.3 Å². The topological polar surface area (TPSA) is 93.9 Å². The van der Waals surface area contributed by atoms with Gasteiger partial charge in [-0.05, 0) is 24.5 Å². The normalized spacial score (nSPS) is 19.6. The summed E-state index contributed by atoms with van der Waals surface area (Å²) < 4.78 is 26.6. The number of fused-ring (bicyclic) bond motifs is 1. The molecule has 0 fully saturated rings. The molecule has 2 aromatic heterocycles. The monoisotopic (exact) mass is 426 g/mol. The van der Waals surface area contributed by atoms with Crippen molar-refractivity contribution in [2.45, 2.75) is 32.0 Å². The standard InChI is InChI=1S/C16H19BrN4O3S/c1-9-13-11(22)7-16(2,3)15(17)14(13)21(19-9)12-6-5-10(8-18-12)20-25(4,23)24/h5-6,8,15,20H,7H2,1-4H3. The fraction of sp³-hybridized carbons (Fsp3) is 0.438. The Balaban J connectivity index is 2.08. The van der Waals surface area contributed by atoms with Gasteiger partial charge in [-0.25, -0.2) is 18.1 Å². The number of aromatic nitrogens is 3. The van der Waals surface area contributed by atoms with Crippen molar-refractivity contribution in [1.29, 1.82) is 0 Å². The van der Waals surface area contributed by atoms with E-state index in [2.05, 4.69) is 30.7 Å². The second kappa shape index (κ2) is 5.91. The van der Waals surface area contributed by atoms with Gasteiger partial charge >= 0.3 is 0 Å². The molecule has 2 heterocycles. The number of aryl methyl sites for hydroxylation is 1. The predicted octanol–water partition coefficient (Wildman–Crippen LogP) is 3.00. The van der Waals surface area contributed by atoms with Gasteiger partial charge in [0, 0.05) is 6.42 Å². The van der Waals surface area contributed by atoms with Crippen molar-refractivity contribution in [3.05, 3.63) is 35.3 Å². The van der Waals surface area contributed by atoms with Gasteiger partial charge in [0.1, 0.15) is 0 Å². The molecule has 1 aliphatic rings. The van der Waals surface area contributed by atoms with Crippen molar-refractivity contribution < 1.29 is 13.2 Å². The lowest BCUT2D eigenvalue weighted by molar-refractivity contribution is 0.0909. The Morgan fingerprint density at radius 3 is 2.60 bits per heavy atom. The van der Waals surface area contributed by atoms with Gasteiger partial charge in [-0.1, -0.05) is 29.8 Å². The average Bonchev–Trinajstić information content (AvgIpc) is 2.81. The number of Topliss-reactive ketones (excluding diaryl/α,β-unsaturated/α-hetero) is 1. The van der Waals surface area contributed by atoms with Crippen molar-refractivity contribution >= 4 is 37.4 Å². The minimum absolute atomic E-state index is 0.0514. The molecule has 1 atom stereocenters. The van der Waals surface area contributed by atoms with Crippen LogP contribution in [0.15, 0.2) is 18.3 Å². The third-order valence-electron chi connectivity index (χ3n) is 4.19. The number of carbonyl (C=O) groups is 1. The summed E-state index contributed by atoms with van der Waals surface area (Å²) in [5.41, 5.74) is 2.22. The Bertz CT molecular complexity index is 949. The number of hydrogen-bond donors (Lipinski definition) is 1. The maximum Gasteiger partial charge on any atom is 0.229 e. The Kier molecular flexibility index (Phi) is 4.27. The van der Waals surface area contributed by atoms with E-state index in [0.717, 1.165) is 11.9 Å². The molecule has 0 saturated heterocycles. The van der Waals surface area contributed by atoms with Crippen molar-refractivity contribution in [3.8, 4) is 5.82 Å². The highest BCUT2D eigenvalue weighted by Crippen LogP contribution is 2.49. The zero-order chi connectivity index (χ0) is 18.6. The van der Waals surface area contributed by atoms with Crippen LogP contribution < -0.4 is 4.72 Å². The highest BCUT2D eigenvalue weighted by Gasteiger charge is 2.42. The number of nitrogens with one attached hydrogen (secondary N) is 1. The second-order valence-corrected chi connectivity index (χ2v) is 9.65. The zero-order valence-electron chi connectivity index (χ0n) is 14.4. The second-order valence-electron chi connectivity index (χ2n) is 6.99. The van der Waals surface area contributed by atoms with E-state index in [1.54, 1.807) is 16.8 Å². The Hall–Kier alpha value is -1.74. The first-order chi connectivity index (χ1) is 11.5. The third kappa shape index (κ3) is 3.35. The number of carbonyl (C=O) groups excluding carboxylic acids is 1. The van der Waals surface area contributed by atoms with Gasteiger partial charge in [-0.2, -0.15) is 5.10 Å². The molecule has 1 unspecified atom stereocenters. The summed E-state index contributed by atoms with van der Waals surface area (Å²) in [6.07, 6.45) is 2.96. The van der Waals surface area contributed by atoms with E-state index in [-0.39, 0.29) is 16.0 Å². The number of alkyl halides is 1. The Morgan fingerprint density at radius 1 is 1.36 bits per heavy atom.